The molecule has 0 saturated heterocycles. The molecule has 1 aliphatic rings. The van der Waals surface area contributed by atoms with Crippen molar-refractivity contribution in [3.05, 3.63) is 29.6 Å². The molecule has 1 N–H and O–H groups in total. The van der Waals surface area contributed by atoms with E-state index < -0.39 is 5.82 Å². The molecule has 0 unspecified atom stereocenters. The zero-order chi connectivity index (χ0) is 14.4. The fraction of sp³-hybridized carbons (Fsp3) is 0.467. The molecule has 4 nitrogen and oxygen atoms in total. The Labute approximate surface area is 118 Å². The summed E-state index contributed by atoms with van der Waals surface area (Å²) >= 11 is 0. The van der Waals surface area contributed by atoms with Gasteiger partial charge < -0.3 is 4.74 Å². The van der Waals surface area contributed by atoms with Gasteiger partial charge in [-0.25, -0.2) is 9.82 Å². The maximum atomic E-state index is 13.5. The first-order valence-electron chi connectivity index (χ1n) is 6.87. The van der Waals surface area contributed by atoms with Crippen molar-refractivity contribution >= 4 is 12.1 Å². The Morgan fingerprint density at radius 3 is 2.80 bits per heavy atom. The van der Waals surface area contributed by atoms with Crippen molar-refractivity contribution in [3.63, 3.8) is 0 Å². The van der Waals surface area contributed by atoms with Gasteiger partial charge in [-0.1, -0.05) is 19.3 Å². The number of hydrogen-bond acceptors (Lipinski definition) is 3. The lowest BCUT2D eigenvalue weighted by Gasteiger charge is -2.19. The van der Waals surface area contributed by atoms with E-state index in [9.17, 15) is 9.18 Å². The van der Waals surface area contributed by atoms with Crippen molar-refractivity contribution in [2.45, 2.75) is 32.1 Å². The summed E-state index contributed by atoms with van der Waals surface area (Å²) in [4.78, 5) is 11.8. The Bertz CT molecular complexity index is 497. The van der Waals surface area contributed by atoms with Gasteiger partial charge in [0, 0.05) is 5.92 Å². The highest BCUT2D eigenvalue weighted by atomic mass is 19.1. The maximum absolute atomic E-state index is 13.5. The van der Waals surface area contributed by atoms with E-state index in [0.29, 0.717) is 5.56 Å². The molecule has 0 radical (unpaired) electrons. The molecule has 0 aromatic heterocycles. The summed E-state index contributed by atoms with van der Waals surface area (Å²) in [5.41, 5.74) is 3.10. The van der Waals surface area contributed by atoms with Crippen LogP contribution < -0.4 is 10.2 Å². The third-order valence-corrected chi connectivity index (χ3v) is 3.54. The molecule has 20 heavy (non-hydrogen) atoms. The van der Waals surface area contributed by atoms with Gasteiger partial charge in [0.15, 0.2) is 11.6 Å². The molecule has 0 bridgehead atoms. The van der Waals surface area contributed by atoms with E-state index in [1.54, 1.807) is 6.07 Å². The van der Waals surface area contributed by atoms with Gasteiger partial charge in [0.05, 0.1) is 13.3 Å². The van der Waals surface area contributed by atoms with E-state index in [1.807, 2.05) is 0 Å². The fourth-order valence-electron chi connectivity index (χ4n) is 2.39. The van der Waals surface area contributed by atoms with Crippen LogP contribution in [0.15, 0.2) is 23.3 Å². The lowest BCUT2D eigenvalue weighted by Crippen LogP contribution is -2.28. The van der Waals surface area contributed by atoms with Crippen LogP contribution in [0.2, 0.25) is 0 Å². The fourth-order valence-corrected chi connectivity index (χ4v) is 2.39. The lowest BCUT2D eigenvalue weighted by atomic mass is 9.89. The first kappa shape index (κ1) is 14.5. The molecular weight excluding hydrogens is 259 g/mol. The monoisotopic (exact) mass is 278 g/mol. The van der Waals surface area contributed by atoms with Crippen molar-refractivity contribution in [1.82, 2.24) is 5.43 Å². The molecule has 1 saturated carbocycles. The van der Waals surface area contributed by atoms with Crippen LogP contribution in [0.25, 0.3) is 0 Å². The maximum Gasteiger partial charge on any atom is 0.243 e. The number of carbonyl (C=O) groups excluding carboxylic acids is 1. The minimum atomic E-state index is -0.449. The number of halogens is 1. The second-order valence-electron chi connectivity index (χ2n) is 4.96. The van der Waals surface area contributed by atoms with E-state index in [-0.39, 0.29) is 17.6 Å². The van der Waals surface area contributed by atoms with Crippen LogP contribution in [-0.4, -0.2) is 19.2 Å². The van der Waals surface area contributed by atoms with Crippen molar-refractivity contribution in [3.8, 4) is 5.75 Å². The smallest absolute Gasteiger partial charge is 0.243 e. The lowest BCUT2D eigenvalue weighted by molar-refractivity contribution is -0.125. The highest BCUT2D eigenvalue weighted by Crippen LogP contribution is 2.23. The van der Waals surface area contributed by atoms with Crippen LogP contribution in [0.3, 0.4) is 0 Å². The standard InChI is InChI=1S/C15H19FN2O2/c1-20-14-8-7-11(9-13(14)16)10-17-18-15(19)12-5-3-2-4-6-12/h7-10,12H,2-6H2,1H3,(H,18,19)/b17-10-. The van der Waals surface area contributed by atoms with Gasteiger partial charge in [-0.2, -0.15) is 5.10 Å². The number of amides is 1. The molecule has 1 aromatic carbocycles. The van der Waals surface area contributed by atoms with Crippen LogP contribution in [0.5, 0.6) is 5.75 Å². The van der Waals surface area contributed by atoms with Gasteiger partial charge in [0.1, 0.15) is 0 Å². The normalized spacial score (nSPS) is 16.3. The molecule has 0 spiro atoms. The number of hydrogen-bond donors (Lipinski definition) is 1. The van der Waals surface area contributed by atoms with Gasteiger partial charge in [0.2, 0.25) is 5.91 Å². The van der Waals surface area contributed by atoms with E-state index in [0.717, 1.165) is 25.7 Å². The minimum Gasteiger partial charge on any atom is -0.494 e. The predicted molar refractivity (Wildman–Crippen MR) is 75.3 cm³/mol. The second-order valence-corrected chi connectivity index (χ2v) is 4.96. The molecule has 0 aliphatic heterocycles. The van der Waals surface area contributed by atoms with Crippen LogP contribution in [0.1, 0.15) is 37.7 Å². The van der Waals surface area contributed by atoms with Crippen LogP contribution >= 0.6 is 0 Å². The first-order chi connectivity index (χ1) is 9.70. The third-order valence-electron chi connectivity index (χ3n) is 3.54. The minimum absolute atomic E-state index is 0.0464. The topological polar surface area (TPSA) is 50.7 Å². The molecular formula is C15H19FN2O2. The van der Waals surface area contributed by atoms with E-state index >= 15 is 0 Å². The quantitative estimate of drug-likeness (QED) is 0.680. The molecule has 5 heteroatoms. The second kappa shape index (κ2) is 7.03. The van der Waals surface area contributed by atoms with Gasteiger partial charge in [-0.3, -0.25) is 4.79 Å². The van der Waals surface area contributed by atoms with Crippen LogP contribution in [-0.2, 0) is 4.79 Å². The highest BCUT2D eigenvalue weighted by molar-refractivity contribution is 5.83. The molecule has 108 valence electrons. The molecule has 2 rings (SSSR count). The zero-order valence-corrected chi connectivity index (χ0v) is 11.6. The third kappa shape index (κ3) is 3.79. The van der Waals surface area contributed by atoms with Crippen LogP contribution in [0, 0.1) is 11.7 Å². The Morgan fingerprint density at radius 1 is 1.40 bits per heavy atom. The van der Waals surface area contributed by atoms with E-state index in [2.05, 4.69) is 10.5 Å². The average molecular weight is 278 g/mol. The summed E-state index contributed by atoms with van der Waals surface area (Å²) in [6.45, 7) is 0. The molecule has 1 amide bonds. The van der Waals surface area contributed by atoms with Crippen molar-refractivity contribution in [2.75, 3.05) is 7.11 Å². The number of nitrogens with zero attached hydrogens (tertiary/aromatic N) is 1. The zero-order valence-electron chi connectivity index (χ0n) is 11.6. The van der Waals surface area contributed by atoms with Crippen LogP contribution in [0.4, 0.5) is 4.39 Å². The summed E-state index contributed by atoms with van der Waals surface area (Å²) in [5.74, 6) is -0.244. The summed E-state index contributed by atoms with van der Waals surface area (Å²) in [7, 11) is 1.41. The number of hydrazone groups is 1. The number of benzene rings is 1. The summed E-state index contributed by atoms with van der Waals surface area (Å²) in [6.07, 6.45) is 6.70. The van der Waals surface area contributed by atoms with Gasteiger partial charge in [-0.05, 0) is 36.6 Å². The Hall–Kier alpha value is -1.91. The number of methoxy groups -OCH3 is 1. The average Bonchev–Trinajstić information content (AvgIpc) is 2.48. The summed E-state index contributed by atoms with van der Waals surface area (Å²) in [5, 5.41) is 3.88. The van der Waals surface area contributed by atoms with Gasteiger partial charge in [0.25, 0.3) is 0 Å². The first-order valence-corrected chi connectivity index (χ1v) is 6.87. The number of carbonyl (C=O) groups is 1. The molecule has 0 heterocycles. The Kier molecular flexibility index (Phi) is 5.09. The van der Waals surface area contributed by atoms with E-state index in [4.69, 9.17) is 4.74 Å². The Balaban J connectivity index is 1.89. The summed E-state index contributed by atoms with van der Waals surface area (Å²) < 4.78 is 18.3. The van der Waals surface area contributed by atoms with Crippen molar-refractivity contribution in [2.24, 2.45) is 11.0 Å². The molecule has 0 atom stereocenters. The Morgan fingerprint density at radius 2 is 2.15 bits per heavy atom. The molecule has 1 aromatic rings. The van der Waals surface area contributed by atoms with E-state index in [1.165, 1.54) is 31.9 Å². The number of ether oxygens (including phenoxy) is 1. The highest BCUT2D eigenvalue weighted by Gasteiger charge is 2.20. The SMILES string of the molecule is COc1ccc(/C=N\NC(=O)C2CCCCC2)cc1F. The largest absolute Gasteiger partial charge is 0.494 e. The number of rotatable bonds is 4. The summed E-state index contributed by atoms with van der Waals surface area (Å²) in [6, 6.07) is 4.52. The van der Waals surface area contributed by atoms with Gasteiger partial charge >= 0.3 is 0 Å². The van der Waals surface area contributed by atoms with Crippen molar-refractivity contribution in [1.29, 1.82) is 0 Å². The molecule has 1 fully saturated rings. The predicted octanol–water partition coefficient (Wildman–Crippen LogP) is 2.86. The van der Waals surface area contributed by atoms with Crippen molar-refractivity contribution < 1.29 is 13.9 Å². The van der Waals surface area contributed by atoms with Gasteiger partial charge in [-0.15, -0.1) is 0 Å². The molecule has 1 aliphatic carbocycles. The number of nitrogens with one attached hydrogen (secondary N) is 1.